The summed E-state index contributed by atoms with van der Waals surface area (Å²) in [5.41, 5.74) is 2.10. The predicted molar refractivity (Wildman–Crippen MR) is 114 cm³/mol. The Hall–Kier alpha value is -1.99. The number of hydrogen-bond acceptors (Lipinski definition) is 5. The van der Waals surface area contributed by atoms with Crippen LogP contribution in [0, 0.1) is 12.7 Å². The lowest BCUT2D eigenvalue weighted by atomic mass is 9.97. The molecule has 0 aliphatic heterocycles. The zero-order chi connectivity index (χ0) is 19.7. The zero-order valence-electron chi connectivity index (χ0n) is 16.0. The quantitative estimate of drug-likeness (QED) is 0.426. The van der Waals surface area contributed by atoms with Crippen molar-refractivity contribution in [2.45, 2.75) is 44.6 Å². The number of amides is 1. The highest BCUT2D eigenvalue weighted by atomic mass is 32.2. The highest BCUT2D eigenvalue weighted by Crippen LogP contribution is 2.39. The Balaban J connectivity index is 1.58. The van der Waals surface area contributed by atoms with Crippen LogP contribution in [0.1, 0.15) is 36.0 Å². The van der Waals surface area contributed by atoms with Crippen molar-refractivity contribution in [3.63, 3.8) is 0 Å². The average molecular weight is 416 g/mol. The summed E-state index contributed by atoms with van der Waals surface area (Å²) in [4.78, 5) is 26.3. The van der Waals surface area contributed by atoms with Crippen molar-refractivity contribution in [2.24, 2.45) is 0 Å². The van der Waals surface area contributed by atoms with Crippen molar-refractivity contribution in [1.29, 1.82) is 0 Å². The summed E-state index contributed by atoms with van der Waals surface area (Å²) in [5, 5.41) is 2.05. The topological polar surface area (TPSA) is 46.1 Å². The van der Waals surface area contributed by atoms with Gasteiger partial charge in [0.15, 0.2) is 0 Å². The highest BCUT2D eigenvalue weighted by molar-refractivity contribution is 8.00. The van der Waals surface area contributed by atoms with Crippen LogP contribution in [-0.4, -0.2) is 28.2 Å². The number of nitrogens with zero attached hydrogens (tertiary/aromatic N) is 3. The second kappa shape index (κ2) is 8.17. The van der Waals surface area contributed by atoms with Crippen molar-refractivity contribution in [3.8, 4) is 0 Å². The van der Waals surface area contributed by atoms with Gasteiger partial charge in [0.1, 0.15) is 21.5 Å². The van der Waals surface area contributed by atoms with E-state index in [1.807, 2.05) is 13.8 Å². The van der Waals surface area contributed by atoms with E-state index in [1.165, 1.54) is 47.2 Å². The molecule has 1 aliphatic carbocycles. The van der Waals surface area contributed by atoms with Crippen LogP contribution >= 0.6 is 23.1 Å². The van der Waals surface area contributed by atoms with Gasteiger partial charge in [-0.1, -0.05) is 11.8 Å². The minimum atomic E-state index is -0.303. The molecule has 3 aromatic rings. The Labute approximate surface area is 172 Å². The molecular formula is C21H22FN3OS2. The minimum absolute atomic E-state index is 0.00683. The predicted octanol–water partition coefficient (Wildman–Crippen LogP) is 5.16. The standard InChI is InChI=1S/C21H22FN3OS2/c1-3-25(15-10-8-14(22)9-11-15)18(26)12-27-20-19-16-6-4-5-7-17(16)28-21(19)24-13(2)23-20/h8-11H,3-7,12H2,1-2H3. The van der Waals surface area contributed by atoms with Crippen LogP contribution in [0.5, 0.6) is 0 Å². The first kappa shape index (κ1) is 19.3. The SMILES string of the molecule is CCN(C(=O)CSc1nc(C)nc2sc3c(c12)CCCC3)c1ccc(F)cc1. The van der Waals surface area contributed by atoms with Crippen LogP contribution in [0.2, 0.25) is 0 Å². The summed E-state index contributed by atoms with van der Waals surface area (Å²) in [7, 11) is 0. The lowest BCUT2D eigenvalue weighted by molar-refractivity contribution is -0.116. The summed E-state index contributed by atoms with van der Waals surface area (Å²) < 4.78 is 13.2. The lowest BCUT2D eigenvalue weighted by Crippen LogP contribution is -2.32. The molecule has 0 bridgehead atoms. The van der Waals surface area contributed by atoms with E-state index in [4.69, 9.17) is 0 Å². The third-order valence-electron chi connectivity index (χ3n) is 4.98. The molecule has 0 saturated heterocycles. The van der Waals surface area contributed by atoms with Gasteiger partial charge in [-0.05, 0) is 69.4 Å². The summed E-state index contributed by atoms with van der Waals surface area (Å²) in [6.07, 6.45) is 4.62. The number of aryl methyl sites for hydroxylation is 3. The molecule has 146 valence electrons. The van der Waals surface area contributed by atoms with Crippen LogP contribution < -0.4 is 4.90 Å². The number of thiophene rings is 1. The fourth-order valence-electron chi connectivity index (χ4n) is 3.66. The number of carbonyl (C=O) groups excluding carboxylic acids is 1. The van der Waals surface area contributed by atoms with E-state index in [1.54, 1.807) is 28.4 Å². The molecule has 28 heavy (non-hydrogen) atoms. The second-order valence-corrected chi connectivity index (χ2v) is 8.92. The Kier molecular flexibility index (Phi) is 5.64. The van der Waals surface area contributed by atoms with Gasteiger partial charge in [0, 0.05) is 22.5 Å². The highest BCUT2D eigenvalue weighted by Gasteiger charge is 2.22. The molecule has 1 aliphatic rings. The second-order valence-electron chi connectivity index (χ2n) is 6.87. The third-order valence-corrected chi connectivity index (χ3v) is 7.13. The van der Waals surface area contributed by atoms with Crippen LogP contribution in [0.25, 0.3) is 10.2 Å². The number of fused-ring (bicyclic) bond motifs is 3. The Bertz CT molecular complexity index is 1020. The summed E-state index contributed by atoms with van der Waals surface area (Å²) in [6, 6.07) is 6.05. The van der Waals surface area contributed by atoms with Gasteiger partial charge in [0.2, 0.25) is 5.91 Å². The van der Waals surface area contributed by atoms with E-state index < -0.39 is 0 Å². The fraction of sp³-hybridized carbons (Fsp3) is 0.381. The van der Waals surface area contributed by atoms with Gasteiger partial charge in [-0.25, -0.2) is 14.4 Å². The van der Waals surface area contributed by atoms with Crippen molar-refractivity contribution >= 4 is 44.9 Å². The molecule has 0 spiro atoms. The van der Waals surface area contributed by atoms with Crippen molar-refractivity contribution in [1.82, 2.24) is 9.97 Å². The maximum atomic E-state index is 13.2. The van der Waals surface area contributed by atoms with E-state index in [0.717, 1.165) is 33.9 Å². The number of aromatic nitrogens is 2. The molecule has 1 aromatic carbocycles. The van der Waals surface area contributed by atoms with E-state index in [2.05, 4.69) is 9.97 Å². The van der Waals surface area contributed by atoms with Gasteiger partial charge in [-0.3, -0.25) is 4.79 Å². The minimum Gasteiger partial charge on any atom is -0.312 e. The first-order valence-corrected chi connectivity index (χ1v) is 11.3. The molecule has 0 N–H and O–H groups in total. The number of carbonyl (C=O) groups is 1. The van der Waals surface area contributed by atoms with Gasteiger partial charge in [-0.15, -0.1) is 11.3 Å². The molecule has 4 rings (SSSR count). The van der Waals surface area contributed by atoms with E-state index >= 15 is 0 Å². The Morgan fingerprint density at radius 3 is 2.71 bits per heavy atom. The first-order valence-electron chi connectivity index (χ1n) is 9.54. The largest absolute Gasteiger partial charge is 0.312 e. The maximum absolute atomic E-state index is 13.2. The smallest absolute Gasteiger partial charge is 0.237 e. The van der Waals surface area contributed by atoms with Crippen molar-refractivity contribution in [3.05, 3.63) is 46.3 Å². The Morgan fingerprint density at radius 2 is 1.96 bits per heavy atom. The Morgan fingerprint density at radius 1 is 1.21 bits per heavy atom. The molecule has 7 heteroatoms. The number of hydrogen-bond donors (Lipinski definition) is 0. The fourth-order valence-corrected chi connectivity index (χ4v) is 6.01. The van der Waals surface area contributed by atoms with E-state index in [-0.39, 0.29) is 11.7 Å². The molecule has 2 heterocycles. The molecule has 0 unspecified atom stereocenters. The summed E-state index contributed by atoms with van der Waals surface area (Å²) >= 11 is 3.26. The number of rotatable bonds is 5. The lowest BCUT2D eigenvalue weighted by Gasteiger charge is -2.21. The van der Waals surface area contributed by atoms with Gasteiger partial charge >= 0.3 is 0 Å². The molecule has 0 fully saturated rings. The van der Waals surface area contributed by atoms with Gasteiger partial charge < -0.3 is 4.90 Å². The first-order chi connectivity index (χ1) is 13.6. The van der Waals surface area contributed by atoms with Crippen LogP contribution in [-0.2, 0) is 17.6 Å². The third kappa shape index (κ3) is 3.78. The molecule has 1 amide bonds. The molecule has 0 radical (unpaired) electrons. The normalized spacial score (nSPS) is 13.5. The molecular weight excluding hydrogens is 393 g/mol. The monoisotopic (exact) mass is 415 g/mol. The van der Waals surface area contributed by atoms with Crippen molar-refractivity contribution < 1.29 is 9.18 Å². The van der Waals surface area contributed by atoms with Gasteiger partial charge in [0.25, 0.3) is 0 Å². The summed E-state index contributed by atoms with van der Waals surface area (Å²) in [6.45, 7) is 4.37. The maximum Gasteiger partial charge on any atom is 0.237 e. The van der Waals surface area contributed by atoms with Crippen LogP contribution in [0.4, 0.5) is 10.1 Å². The summed E-state index contributed by atoms with van der Waals surface area (Å²) in [5.74, 6) is 0.726. The molecule has 0 saturated carbocycles. The number of anilines is 1. The van der Waals surface area contributed by atoms with Gasteiger partial charge in [-0.2, -0.15) is 0 Å². The molecule has 0 atom stereocenters. The molecule has 4 nitrogen and oxygen atoms in total. The van der Waals surface area contributed by atoms with Crippen molar-refractivity contribution in [2.75, 3.05) is 17.2 Å². The number of thioether (sulfide) groups is 1. The van der Waals surface area contributed by atoms with E-state index in [9.17, 15) is 9.18 Å². The van der Waals surface area contributed by atoms with Crippen LogP contribution in [0.15, 0.2) is 29.3 Å². The average Bonchev–Trinajstić information content (AvgIpc) is 3.06. The van der Waals surface area contributed by atoms with Crippen LogP contribution in [0.3, 0.4) is 0 Å². The van der Waals surface area contributed by atoms with Gasteiger partial charge in [0.05, 0.1) is 5.75 Å². The molecule has 2 aromatic heterocycles. The van der Waals surface area contributed by atoms with E-state index in [0.29, 0.717) is 18.0 Å². The number of benzene rings is 1. The number of halogens is 1. The zero-order valence-corrected chi connectivity index (χ0v) is 17.6.